The third kappa shape index (κ3) is 9.52. The van der Waals surface area contributed by atoms with Crippen molar-refractivity contribution >= 4 is 10.8 Å². The Labute approximate surface area is 143 Å². The minimum absolute atomic E-state index is 1.25. The zero-order chi connectivity index (χ0) is 17.5. The summed E-state index contributed by atoms with van der Waals surface area (Å²) in [5, 5.41) is 2.64. The Balaban J connectivity index is 0.000000349. The molecule has 124 valence electrons. The summed E-state index contributed by atoms with van der Waals surface area (Å²) in [7, 11) is 0. The maximum absolute atomic E-state index is 2.20. The van der Waals surface area contributed by atoms with Crippen LogP contribution in [0.2, 0.25) is 0 Å². The lowest BCUT2D eigenvalue weighted by molar-refractivity contribution is 1.09. The van der Waals surface area contributed by atoms with E-state index in [0.717, 1.165) is 0 Å². The van der Waals surface area contributed by atoms with E-state index in [1.54, 1.807) is 0 Å². The largest absolute Gasteiger partial charge is 0.0683 e. The zero-order valence-electron chi connectivity index (χ0n) is 15.6. The van der Waals surface area contributed by atoms with Gasteiger partial charge in [-0.1, -0.05) is 118 Å². The van der Waals surface area contributed by atoms with Crippen molar-refractivity contribution in [2.75, 3.05) is 0 Å². The van der Waals surface area contributed by atoms with Gasteiger partial charge in [0.25, 0.3) is 0 Å². The molecule has 0 N–H and O–H groups in total. The standard InChI is InChI=1S/C11H10.C7H8.C3H8.C2H6/c1-9-6-7-10-4-2-3-5-11(10)8-9;1-7-5-3-2-4-6-7;1-3-2;1-2/h2-8H,1H3;2-6H,1H3;3H2,1-2H3;1-2H3. The van der Waals surface area contributed by atoms with Crippen LogP contribution in [0.4, 0.5) is 0 Å². The first-order valence-electron chi connectivity index (χ1n) is 8.64. The molecule has 0 bridgehead atoms. The number of aryl methyl sites for hydroxylation is 2. The van der Waals surface area contributed by atoms with E-state index < -0.39 is 0 Å². The summed E-state index contributed by atoms with van der Waals surface area (Å²) in [6.45, 7) is 12.5. The van der Waals surface area contributed by atoms with Crippen LogP contribution in [0.15, 0.2) is 72.8 Å². The van der Waals surface area contributed by atoms with Crippen LogP contribution in [-0.4, -0.2) is 0 Å². The molecule has 0 saturated heterocycles. The normalized spacial score (nSPS) is 8.61. The third-order valence-electron chi connectivity index (χ3n) is 2.85. The maximum Gasteiger partial charge on any atom is -0.0181 e. The van der Waals surface area contributed by atoms with Gasteiger partial charge in [0.2, 0.25) is 0 Å². The molecule has 0 aliphatic heterocycles. The lowest BCUT2D eigenvalue weighted by Crippen LogP contribution is -1.73. The molecule has 0 heteroatoms. The second kappa shape index (κ2) is 13.6. The fourth-order valence-electron chi connectivity index (χ4n) is 1.84. The van der Waals surface area contributed by atoms with Gasteiger partial charge in [0.05, 0.1) is 0 Å². The Bertz CT molecular complexity index is 624. The summed E-state index contributed by atoms with van der Waals surface area (Å²) in [4.78, 5) is 0. The molecule has 23 heavy (non-hydrogen) atoms. The van der Waals surface area contributed by atoms with Crippen molar-refractivity contribution in [1.29, 1.82) is 0 Å². The lowest BCUT2D eigenvalue weighted by atomic mass is 10.1. The molecule has 0 aliphatic carbocycles. The predicted molar refractivity (Wildman–Crippen MR) is 107 cm³/mol. The Hall–Kier alpha value is -2.08. The van der Waals surface area contributed by atoms with Crippen LogP contribution in [0.5, 0.6) is 0 Å². The highest BCUT2D eigenvalue weighted by atomic mass is 13.9. The van der Waals surface area contributed by atoms with Crippen LogP contribution in [0.25, 0.3) is 10.8 Å². The number of hydrogen-bond acceptors (Lipinski definition) is 0. The average molecular weight is 309 g/mol. The van der Waals surface area contributed by atoms with Crippen molar-refractivity contribution in [1.82, 2.24) is 0 Å². The van der Waals surface area contributed by atoms with E-state index in [0.29, 0.717) is 0 Å². The van der Waals surface area contributed by atoms with E-state index in [-0.39, 0.29) is 0 Å². The van der Waals surface area contributed by atoms with Gasteiger partial charge in [-0.15, -0.1) is 0 Å². The van der Waals surface area contributed by atoms with Crippen molar-refractivity contribution in [3.05, 3.63) is 83.9 Å². The molecule has 0 nitrogen and oxygen atoms in total. The molecule has 0 atom stereocenters. The molecule has 0 fully saturated rings. The number of benzene rings is 3. The lowest BCUT2D eigenvalue weighted by Gasteiger charge is -1.96. The van der Waals surface area contributed by atoms with E-state index in [9.17, 15) is 0 Å². The first kappa shape index (κ1) is 20.9. The van der Waals surface area contributed by atoms with Gasteiger partial charge in [-0.2, -0.15) is 0 Å². The van der Waals surface area contributed by atoms with E-state index in [4.69, 9.17) is 0 Å². The van der Waals surface area contributed by atoms with Gasteiger partial charge in [0.15, 0.2) is 0 Å². The Morgan fingerprint density at radius 2 is 1.04 bits per heavy atom. The molecule has 0 aliphatic rings. The predicted octanol–water partition coefficient (Wildman–Crippen LogP) is 7.59. The van der Waals surface area contributed by atoms with E-state index in [1.165, 1.54) is 28.3 Å². The Morgan fingerprint density at radius 3 is 1.52 bits per heavy atom. The van der Waals surface area contributed by atoms with E-state index >= 15 is 0 Å². The molecule has 0 unspecified atom stereocenters. The van der Waals surface area contributed by atoms with Crippen molar-refractivity contribution in [2.24, 2.45) is 0 Å². The topological polar surface area (TPSA) is 0 Å². The average Bonchev–Trinajstić information content (AvgIpc) is 2.58. The summed E-state index contributed by atoms with van der Waals surface area (Å²) in [6.07, 6.45) is 1.25. The van der Waals surface area contributed by atoms with Gasteiger partial charge in [-0.05, 0) is 24.6 Å². The van der Waals surface area contributed by atoms with Crippen molar-refractivity contribution < 1.29 is 0 Å². The van der Waals surface area contributed by atoms with Crippen LogP contribution >= 0.6 is 0 Å². The second-order valence-corrected chi connectivity index (χ2v) is 5.21. The molecule has 3 aromatic rings. The summed E-state index contributed by atoms with van der Waals surface area (Å²) < 4.78 is 0. The summed E-state index contributed by atoms with van der Waals surface area (Å²) in [6, 6.07) is 25.2. The van der Waals surface area contributed by atoms with E-state index in [2.05, 4.69) is 82.3 Å². The Kier molecular flexibility index (Phi) is 12.3. The van der Waals surface area contributed by atoms with Crippen LogP contribution < -0.4 is 0 Å². The van der Waals surface area contributed by atoms with Gasteiger partial charge < -0.3 is 0 Å². The van der Waals surface area contributed by atoms with Crippen LogP contribution in [0, 0.1) is 13.8 Å². The highest BCUT2D eigenvalue weighted by Crippen LogP contribution is 2.14. The zero-order valence-corrected chi connectivity index (χ0v) is 15.6. The SMILES string of the molecule is CC.CCC.Cc1ccc2ccccc2c1.Cc1ccccc1. The monoisotopic (exact) mass is 308 g/mol. The highest BCUT2D eigenvalue weighted by Gasteiger charge is 1.89. The van der Waals surface area contributed by atoms with Crippen LogP contribution in [-0.2, 0) is 0 Å². The van der Waals surface area contributed by atoms with Crippen LogP contribution in [0.3, 0.4) is 0 Å². The summed E-state index contributed by atoms with van der Waals surface area (Å²) in [5.41, 5.74) is 2.64. The number of fused-ring (bicyclic) bond motifs is 1. The molecular formula is C23H32. The molecule has 3 rings (SSSR count). The minimum Gasteiger partial charge on any atom is -0.0683 e. The smallest absolute Gasteiger partial charge is 0.0181 e. The molecular weight excluding hydrogens is 276 g/mol. The van der Waals surface area contributed by atoms with Crippen molar-refractivity contribution in [2.45, 2.75) is 48.0 Å². The van der Waals surface area contributed by atoms with Crippen molar-refractivity contribution in [3.8, 4) is 0 Å². The first-order valence-corrected chi connectivity index (χ1v) is 8.64. The fraction of sp³-hybridized carbons (Fsp3) is 0.304. The summed E-state index contributed by atoms with van der Waals surface area (Å²) in [5.74, 6) is 0. The van der Waals surface area contributed by atoms with Gasteiger partial charge >= 0.3 is 0 Å². The van der Waals surface area contributed by atoms with Gasteiger partial charge in [-0.3, -0.25) is 0 Å². The summed E-state index contributed by atoms with van der Waals surface area (Å²) >= 11 is 0. The molecule has 0 spiro atoms. The van der Waals surface area contributed by atoms with Crippen molar-refractivity contribution in [3.63, 3.8) is 0 Å². The second-order valence-electron chi connectivity index (χ2n) is 5.21. The number of hydrogen-bond donors (Lipinski definition) is 0. The molecule has 0 heterocycles. The van der Waals surface area contributed by atoms with Gasteiger partial charge in [-0.25, -0.2) is 0 Å². The van der Waals surface area contributed by atoms with Gasteiger partial charge in [0.1, 0.15) is 0 Å². The maximum atomic E-state index is 2.20. The molecule has 0 aromatic heterocycles. The fourth-order valence-corrected chi connectivity index (χ4v) is 1.84. The third-order valence-corrected chi connectivity index (χ3v) is 2.85. The quantitative estimate of drug-likeness (QED) is 0.401. The molecule has 0 amide bonds. The van der Waals surface area contributed by atoms with Crippen LogP contribution in [0.1, 0.15) is 45.2 Å². The Morgan fingerprint density at radius 1 is 0.565 bits per heavy atom. The number of rotatable bonds is 0. The molecule has 3 aromatic carbocycles. The minimum atomic E-state index is 1.25. The molecule has 0 radical (unpaired) electrons. The molecule has 0 saturated carbocycles. The van der Waals surface area contributed by atoms with E-state index in [1.807, 2.05) is 32.0 Å². The first-order chi connectivity index (χ1) is 11.2. The highest BCUT2D eigenvalue weighted by molar-refractivity contribution is 5.82. The van der Waals surface area contributed by atoms with Gasteiger partial charge in [0, 0.05) is 0 Å².